The van der Waals surface area contributed by atoms with Crippen LogP contribution in [0.5, 0.6) is 0 Å². The molecule has 26 heavy (non-hydrogen) atoms. The van der Waals surface area contributed by atoms with Crippen molar-refractivity contribution in [3.8, 4) is 0 Å². The first-order valence-electron chi connectivity index (χ1n) is 8.18. The molecule has 0 saturated heterocycles. The van der Waals surface area contributed by atoms with Gasteiger partial charge in [0.1, 0.15) is 11.6 Å². The zero-order valence-electron chi connectivity index (χ0n) is 14.5. The molecular formula is C19H19FN4O2. The van der Waals surface area contributed by atoms with Gasteiger partial charge < -0.3 is 10.3 Å². The number of likely N-dealkylation sites (N-methyl/N-ethyl adjacent to an activating group) is 1. The normalized spacial score (nSPS) is 12.3. The topological polar surface area (TPSA) is 78.1 Å². The van der Waals surface area contributed by atoms with Crippen LogP contribution in [0, 0.1) is 5.82 Å². The molecule has 2 aromatic carbocycles. The van der Waals surface area contributed by atoms with Crippen LogP contribution in [0.2, 0.25) is 0 Å². The average Bonchev–Trinajstić information content (AvgIpc) is 2.63. The molecule has 1 amide bonds. The van der Waals surface area contributed by atoms with Crippen molar-refractivity contribution in [2.75, 3.05) is 18.9 Å². The van der Waals surface area contributed by atoms with Gasteiger partial charge in [-0.15, -0.1) is 0 Å². The third-order valence-corrected chi connectivity index (χ3v) is 4.21. The number of nitrogens with zero attached hydrogens (tertiary/aromatic N) is 2. The number of H-pyrrole nitrogens is 1. The third kappa shape index (κ3) is 3.94. The Morgan fingerprint density at radius 2 is 1.92 bits per heavy atom. The number of para-hydroxylation sites is 1. The number of halogens is 1. The molecule has 1 unspecified atom stereocenters. The quantitative estimate of drug-likeness (QED) is 0.738. The summed E-state index contributed by atoms with van der Waals surface area (Å²) in [5.74, 6) is -0.111. The Morgan fingerprint density at radius 1 is 1.23 bits per heavy atom. The molecule has 0 fully saturated rings. The lowest BCUT2D eigenvalue weighted by atomic mass is 10.2. The predicted octanol–water partition coefficient (Wildman–Crippen LogP) is 2.69. The second-order valence-corrected chi connectivity index (χ2v) is 6.11. The van der Waals surface area contributed by atoms with Crippen LogP contribution >= 0.6 is 0 Å². The molecule has 7 heteroatoms. The first-order chi connectivity index (χ1) is 12.4. The average molecular weight is 354 g/mol. The summed E-state index contributed by atoms with van der Waals surface area (Å²) in [6, 6.07) is 12.4. The number of carbonyl (C=O) groups excluding carboxylic acids is 1. The Kier molecular flexibility index (Phi) is 5.09. The molecule has 0 saturated carbocycles. The van der Waals surface area contributed by atoms with Crippen molar-refractivity contribution in [3.05, 3.63) is 70.5 Å². The van der Waals surface area contributed by atoms with Gasteiger partial charge in [0.2, 0.25) is 5.91 Å². The summed E-state index contributed by atoms with van der Waals surface area (Å²) >= 11 is 0. The first-order valence-corrected chi connectivity index (χ1v) is 8.18. The number of hydrogen-bond acceptors (Lipinski definition) is 4. The minimum Gasteiger partial charge on any atom is -0.325 e. The van der Waals surface area contributed by atoms with E-state index in [4.69, 9.17) is 0 Å². The van der Waals surface area contributed by atoms with Gasteiger partial charge in [0.25, 0.3) is 5.56 Å². The molecule has 0 aliphatic rings. The third-order valence-electron chi connectivity index (χ3n) is 4.21. The first kappa shape index (κ1) is 17.8. The van der Waals surface area contributed by atoms with Crippen molar-refractivity contribution in [2.45, 2.75) is 13.0 Å². The molecule has 0 bridgehead atoms. The highest BCUT2D eigenvalue weighted by Gasteiger charge is 2.18. The number of aromatic nitrogens is 2. The molecule has 6 nitrogen and oxygen atoms in total. The SMILES string of the molecule is CC(c1nc2ccccc2c(=O)[nH]1)N(C)CC(=O)Nc1ccc(F)cc1. The largest absolute Gasteiger partial charge is 0.325 e. The molecule has 2 N–H and O–H groups in total. The van der Waals surface area contributed by atoms with Crippen molar-refractivity contribution >= 4 is 22.5 Å². The Morgan fingerprint density at radius 3 is 2.65 bits per heavy atom. The van der Waals surface area contributed by atoms with Gasteiger partial charge in [-0.3, -0.25) is 14.5 Å². The molecule has 1 aromatic heterocycles. The number of benzene rings is 2. The fourth-order valence-electron chi connectivity index (χ4n) is 2.61. The summed E-state index contributed by atoms with van der Waals surface area (Å²) in [5.41, 5.74) is 0.929. The standard InChI is InChI=1S/C19H19FN4O2/c1-12(18-22-16-6-4-3-5-15(16)19(26)23-18)24(2)11-17(25)21-14-9-7-13(20)8-10-14/h3-10,12H,11H2,1-2H3,(H,21,25)(H,22,23,26). The lowest BCUT2D eigenvalue weighted by molar-refractivity contribution is -0.117. The molecule has 0 aliphatic heterocycles. The number of amides is 1. The van der Waals surface area contributed by atoms with Gasteiger partial charge in [0.15, 0.2) is 0 Å². The zero-order valence-corrected chi connectivity index (χ0v) is 14.5. The summed E-state index contributed by atoms with van der Waals surface area (Å²) < 4.78 is 12.9. The van der Waals surface area contributed by atoms with Gasteiger partial charge in [0, 0.05) is 5.69 Å². The number of nitrogens with one attached hydrogen (secondary N) is 2. The minimum absolute atomic E-state index is 0.0923. The van der Waals surface area contributed by atoms with Crippen molar-refractivity contribution in [1.82, 2.24) is 14.9 Å². The van der Waals surface area contributed by atoms with Crippen molar-refractivity contribution < 1.29 is 9.18 Å². The Bertz CT molecular complexity index is 985. The fourth-order valence-corrected chi connectivity index (χ4v) is 2.61. The number of rotatable bonds is 5. The van der Waals surface area contributed by atoms with Gasteiger partial charge in [0.05, 0.1) is 23.5 Å². The van der Waals surface area contributed by atoms with Crippen LogP contribution < -0.4 is 10.9 Å². The lowest BCUT2D eigenvalue weighted by Gasteiger charge is -2.23. The second kappa shape index (κ2) is 7.45. The van der Waals surface area contributed by atoms with Gasteiger partial charge in [-0.2, -0.15) is 0 Å². The van der Waals surface area contributed by atoms with E-state index < -0.39 is 0 Å². The van der Waals surface area contributed by atoms with Crippen molar-refractivity contribution in [3.63, 3.8) is 0 Å². The van der Waals surface area contributed by atoms with Crippen LogP contribution in [-0.2, 0) is 4.79 Å². The lowest BCUT2D eigenvalue weighted by Crippen LogP contribution is -2.33. The van der Waals surface area contributed by atoms with Crippen LogP contribution in [0.4, 0.5) is 10.1 Å². The van der Waals surface area contributed by atoms with Crippen LogP contribution in [-0.4, -0.2) is 34.4 Å². The number of fused-ring (bicyclic) bond motifs is 1. The zero-order chi connectivity index (χ0) is 18.7. The summed E-state index contributed by atoms with van der Waals surface area (Å²) in [7, 11) is 1.77. The smallest absolute Gasteiger partial charge is 0.258 e. The highest BCUT2D eigenvalue weighted by atomic mass is 19.1. The van der Waals surface area contributed by atoms with E-state index in [9.17, 15) is 14.0 Å². The van der Waals surface area contributed by atoms with Gasteiger partial charge in [-0.05, 0) is 50.4 Å². The highest BCUT2D eigenvalue weighted by Crippen LogP contribution is 2.16. The Balaban J connectivity index is 1.71. The summed E-state index contributed by atoms with van der Waals surface area (Å²) in [4.78, 5) is 33.4. The fraction of sp³-hybridized carbons (Fsp3) is 0.211. The van der Waals surface area contributed by atoms with Crippen LogP contribution in [0.15, 0.2) is 53.3 Å². The number of carbonyl (C=O) groups is 1. The van der Waals surface area contributed by atoms with Gasteiger partial charge in [-0.25, -0.2) is 9.37 Å². The minimum atomic E-state index is -0.361. The summed E-state index contributed by atoms with van der Waals surface area (Å²) in [6.07, 6.45) is 0. The molecular weight excluding hydrogens is 335 g/mol. The molecule has 134 valence electrons. The predicted molar refractivity (Wildman–Crippen MR) is 98.4 cm³/mol. The van der Waals surface area contributed by atoms with E-state index in [1.165, 1.54) is 24.3 Å². The Hall–Kier alpha value is -3.06. The van der Waals surface area contributed by atoms with Crippen LogP contribution in [0.1, 0.15) is 18.8 Å². The van der Waals surface area contributed by atoms with Gasteiger partial charge in [-0.1, -0.05) is 12.1 Å². The van der Waals surface area contributed by atoms with Crippen molar-refractivity contribution in [1.29, 1.82) is 0 Å². The highest BCUT2D eigenvalue weighted by molar-refractivity contribution is 5.92. The molecule has 0 spiro atoms. The monoisotopic (exact) mass is 354 g/mol. The van der Waals surface area contributed by atoms with Crippen LogP contribution in [0.25, 0.3) is 10.9 Å². The van der Waals surface area contributed by atoms with E-state index in [0.717, 1.165) is 0 Å². The maximum absolute atomic E-state index is 12.9. The molecule has 3 aromatic rings. The number of anilines is 1. The van der Waals surface area contributed by atoms with E-state index in [1.807, 2.05) is 13.0 Å². The van der Waals surface area contributed by atoms with Crippen molar-refractivity contribution in [2.24, 2.45) is 0 Å². The molecule has 1 heterocycles. The van der Waals surface area contributed by atoms with E-state index in [2.05, 4.69) is 15.3 Å². The summed E-state index contributed by atoms with van der Waals surface area (Å²) in [6.45, 7) is 1.95. The van der Waals surface area contributed by atoms with E-state index in [1.54, 1.807) is 30.1 Å². The number of hydrogen-bond donors (Lipinski definition) is 2. The Labute approximate surface area is 149 Å². The van der Waals surface area contributed by atoms with E-state index >= 15 is 0 Å². The molecule has 1 atom stereocenters. The van der Waals surface area contributed by atoms with Crippen LogP contribution in [0.3, 0.4) is 0 Å². The maximum atomic E-state index is 12.9. The second-order valence-electron chi connectivity index (χ2n) is 6.11. The number of aromatic amines is 1. The molecule has 0 radical (unpaired) electrons. The van der Waals surface area contributed by atoms with E-state index in [-0.39, 0.29) is 29.9 Å². The summed E-state index contributed by atoms with van der Waals surface area (Å²) in [5, 5.41) is 3.24. The van der Waals surface area contributed by atoms with Gasteiger partial charge >= 0.3 is 0 Å². The maximum Gasteiger partial charge on any atom is 0.258 e. The molecule has 0 aliphatic carbocycles. The van der Waals surface area contributed by atoms with E-state index in [0.29, 0.717) is 22.4 Å². The molecule has 3 rings (SSSR count).